The first-order chi connectivity index (χ1) is 12.7. The number of aliphatic hydroxyl groups excluding tert-OH is 2. The van der Waals surface area contributed by atoms with Crippen LogP contribution in [0.5, 0.6) is 11.5 Å². The van der Waals surface area contributed by atoms with Crippen molar-refractivity contribution < 1.29 is 43.9 Å². The number of carbonyl (C=O) groups is 2. The number of aliphatic hydroxyl groups is 2. The average molecular weight is 382 g/mol. The topological polar surface area (TPSA) is 132 Å². The Kier molecular flexibility index (Phi) is 6.78. The van der Waals surface area contributed by atoms with E-state index in [4.69, 9.17) is 18.9 Å². The van der Waals surface area contributed by atoms with Crippen molar-refractivity contribution in [2.24, 2.45) is 0 Å². The zero-order chi connectivity index (χ0) is 20.1. The average Bonchev–Trinajstić information content (AvgIpc) is 2.61. The van der Waals surface area contributed by atoms with Crippen molar-refractivity contribution in [2.75, 3.05) is 7.11 Å². The van der Waals surface area contributed by atoms with Crippen LogP contribution in [0, 0.1) is 0 Å². The first-order valence-corrected chi connectivity index (χ1v) is 8.17. The number of hydrogen-bond acceptors (Lipinski definition) is 9. The molecule has 0 bridgehead atoms. The Morgan fingerprint density at radius 3 is 2.52 bits per heavy atom. The van der Waals surface area contributed by atoms with Crippen molar-refractivity contribution in [3.8, 4) is 11.5 Å². The molecule has 2 rings (SSSR count). The van der Waals surface area contributed by atoms with Gasteiger partial charge in [-0.3, -0.25) is 4.79 Å². The zero-order valence-corrected chi connectivity index (χ0v) is 15.1. The van der Waals surface area contributed by atoms with Gasteiger partial charge in [-0.15, -0.1) is 0 Å². The molecule has 1 aromatic carbocycles. The fraction of sp³-hybridized carbons (Fsp3) is 0.444. The second kappa shape index (κ2) is 8.85. The van der Waals surface area contributed by atoms with Gasteiger partial charge >= 0.3 is 11.9 Å². The van der Waals surface area contributed by atoms with Crippen molar-refractivity contribution >= 4 is 18.0 Å². The number of carbonyl (C=O) groups excluding carboxylic acids is 2. The summed E-state index contributed by atoms with van der Waals surface area (Å²) in [5.41, 5.74) is 0.571. The van der Waals surface area contributed by atoms with Gasteiger partial charge in [-0.05, 0) is 30.7 Å². The van der Waals surface area contributed by atoms with Gasteiger partial charge in [0.25, 0.3) is 0 Å². The van der Waals surface area contributed by atoms with E-state index in [1.165, 1.54) is 32.2 Å². The monoisotopic (exact) mass is 382 g/mol. The molecule has 3 N–H and O–H groups in total. The highest BCUT2D eigenvalue weighted by Gasteiger charge is 2.47. The highest BCUT2D eigenvalue weighted by Crippen LogP contribution is 2.27. The maximum atomic E-state index is 12.1. The molecular formula is C18H22O9. The van der Waals surface area contributed by atoms with E-state index in [9.17, 15) is 24.9 Å². The lowest BCUT2D eigenvalue weighted by Gasteiger charge is -2.40. The van der Waals surface area contributed by atoms with Crippen molar-refractivity contribution in [1.29, 1.82) is 0 Å². The van der Waals surface area contributed by atoms with Crippen molar-refractivity contribution in [3.05, 3.63) is 29.8 Å². The Labute approximate surface area is 155 Å². The summed E-state index contributed by atoms with van der Waals surface area (Å²) in [6.07, 6.45) is -3.77. The van der Waals surface area contributed by atoms with E-state index < -0.39 is 42.6 Å². The van der Waals surface area contributed by atoms with Crippen LogP contribution in [0.2, 0.25) is 0 Å². The molecule has 0 aromatic heterocycles. The fourth-order valence-electron chi connectivity index (χ4n) is 2.63. The summed E-state index contributed by atoms with van der Waals surface area (Å²) in [7, 11) is 1.40. The van der Waals surface area contributed by atoms with Crippen LogP contribution >= 0.6 is 0 Å². The summed E-state index contributed by atoms with van der Waals surface area (Å²) >= 11 is 0. The lowest BCUT2D eigenvalue weighted by Crippen LogP contribution is -2.59. The molecule has 1 aliphatic heterocycles. The number of phenolic OH excluding ortho intramolecular Hbond substituents is 1. The summed E-state index contributed by atoms with van der Waals surface area (Å²) in [6, 6.07) is 4.50. The Morgan fingerprint density at radius 2 is 1.89 bits per heavy atom. The van der Waals surface area contributed by atoms with E-state index in [2.05, 4.69) is 0 Å². The molecule has 5 atom stereocenters. The largest absolute Gasteiger partial charge is 0.504 e. The quantitative estimate of drug-likeness (QED) is 0.488. The van der Waals surface area contributed by atoms with E-state index in [0.29, 0.717) is 5.56 Å². The van der Waals surface area contributed by atoms with E-state index in [0.717, 1.165) is 13.0 Å². The third-order valence-electron chi connectivity index (χ3n) is 3.94. The van der Waals surface area contributed by atoms with Crippen LogP contribution in [0.1, 0.15) is 19.4 Å². The number of methoxy groups -OCH3 is 1. The third-order valence-corrected chi connectivity index (χ3v) is 3.94. The molecule has 0 saturated carbocycles. The first kappa shape index (κ1) is 20.7. The van der Waals surface area contributed by atoms with Gasteiger partial charge in [0.15, 0.2) is 30.0 Å². The fourth-order valence-corrected chi connectivity index (χ4v) is 2.63. The van der Waals surface area contributed by atoms with Crippen molar-refractivity contribution in [1.82, 2.24) is 0 Å². The number of hydrogen-bond donors (Lipinski definition) is 3. The van der Waals surface area contributed by atoms with Crippen LogP contribution in [-0.4, -0.2) is 65.1 Å². The lowest BCUT2D eigenvalue weighted by molar-refractivity contribution is -0.283. The third kappa shape index (κ3) is 5.19. The maximum Gasteiger partial charge on any atom is 0.331 e. The molecule has 148 valence electrons. The van der Waals surface area contributed by atoms with Gasteiger partial charge in [-0.25, -0.2) is 4.79 Å². The van der Waals surface area contributed by atoms with Crippen LogP contribution in [0.25, 0.3) is 6.08 Å². The van der Waals surface area contributed by atoms with E-state index in [1.54, 1.807) is 6.07 Å². The van der Waals surface area contributed by atoms with Gasteiger partial charge in [0.1, 0.15) is 6.10 Å². The Balaban J connectivity index is 2.10. The molecule has 27 heavy (non-hydrogen) atoms. The maximum absolute atomic E-state index is 12.1. The van der Waals surface area contributed by atoms with Crippen LogP contribution in [-0.2, 0) is 23.8 Å². The summed E-state index contributed by atoms with van der Waals surface area (Å²) in [5.74, 6) is -1.27. The number of benzene rings is 1. The highest BCUT2D eigenvalue weighted by atomic mass is 16.7. The normalized spacial score (nSPS) is 28.0. The minimum atomic E-state index is -1.57. The standard InChI is InChI=1S/C18H22O9/c1-9-16(17(26-10(2)19)15(22)18(23)25-9)27-14(21)7-5-11-4-6-12(20)13(8-11)24-3/h4-9,15-18,20,22-23H,1-3H3/t9-,15+,16-,17-,18+/m0/s1. The van der Waals surface area contributed by atoms with Crippen LogP contribution in [0.15, 0.2) is 24.3 Å². The molecule has 1 aromatic rings. The molecule has 0 aliphatic carbocycles. The molecular weight excluding hydrogens is 360 g/mol. The van der Waals surface area contributed by atoms with E-state index in [1.807, 2.05) is 0 Å². The Morgan fingerprint density at radius 1 is 1.19 bits per heavy atom. The molecule has 1 saturated heterocycles. The molecule has 0 unspecified atom stereocenters. The molecule has 1 aliphatic rings. The lowest BCUT2D eigenvalue weighted by atomic mass is 9.99. The molecule has 1 fully saturated rings. The molecule has 0 radical (unpaired) electrons. The SMILES string of the molecule is COc1cc(C=CC(=O)O[C@@H]2[C@@H](OC(C)=O)[C@@H](O)[C@H](O)O[C@H]2C)ccc1O. The second-order valence-electron chi connectivity index (χ2n) is 5.96. The predicted octanol–water partition coefficient (Wildman–Crippen LogP) is 0.355. The second-order valence-corrected chi connectivity index (χ2v) is 5.96. The van der Waals surface area contributed by atoms with E-state index >= 15 is 0 Å². The predicted molar refractivity (Wildman–Crippen MR) is 91.7 cm³/mol. The highest BCUT2D eigenvalue weighted by molar-refractivity contribution is 5.87. The molecule has 9 nitrogen and oxygen atoms in total. The number of esters is 2. The summed E-state index contributed by atoms with van der Waals surface area (Å²) in [4.78, 5) is 23.4. The van der Waals surface area contributed by atoms with Gasteiger partial charge in [0.05, 0.1) is 13.2 Å². The van der Waals surface area contributed by atoms with Gasteiger partial charge < -0.3 is 34.3 Å². The summed E-state index contributed by atoms with van der Waals surface area (Å²) < 4.78 is 20.3. The minimum Gasteiger partial charge on any atom is -0.504 e. The zero-order valence-electron chi connectivity index (χ0n) is 15.1. The number of rotatable bonds is 5. The van der Waals surface area contributed by atoms with Gasteiger partial charge in [0.2, 0.25) is 0 Å². The molecule has 0 amide bonds. The summed E-state index contributed by atoms with van der Waals surface area (Å²) in [6.45, 7) is 2.65. The Hall–Kier alpha value is -2.62. The van der Waals surface area contributed by atoms with Crippen LogP contribution in [0.4, 0.5) is 0 Å². The molecule has 1 heterocycles. The number of ether oxygens (including phenoxy) is 4. The Bertz CT molecular complexity index is 715. The van der Waals surface area contributed by atoms with Crippen LogP contribution < -0.4 is 4.74 Å². The summed E-state index contributed by atoms with van der Waals surface area (Å²) in [5, 5.41) is 29.2. The van der Waals surface area contributed by atoms with E-state index in [-0.39, 0.29) is 11.5 Å². The first-order valence-electron chi connectivity index (χ1n) is 8.17. The molecule has 0 spiro atoms. The minimum absolute atomic E-state index is 0.0397. The van der Waals surface area contributed by atoms with Crippen molar-refractivity contribution in [3.63, 3.8) is 0 Å². The van der Waals surface area contributed by atoms with Gasteiger partial charge in [-0.2, -0.15) is 0 Å². The van der Waals surface area contributed by atoms with Crippen molar-refractivity contribution in [2.45, 2.75) is 44.6 Å². The van der Waals surface area contributed by atoms with Gasteiger partial charge in [-0.1, -0.05) is 6.07 Å². The van der Waals surface area contributed by atoms with Gasteiger partial charge in [0, 0.05) is 13.0 Å². The molecule has 9 heteroatoms. The smallest absolute Gasteiger partial charge is 0.331 e. The van der Waals surface area contributed by atoms with Crippen LogP contribution in [0.3, 0.4) is 0 Å². The number of aromatic hydroxyl groups is 1. The number of phenols is 1.